The minimum absolute atomic E-state index is 0.0192. The highest BCUT2D eigenvalue weighted by Gasteiger charge is 2.33. The zero-order valence-corrected chi connectivity index (χ0v) is 19.1. The molecular weight excluding hydrogens is 458 g/mol. The van der Waals surface area contributed by atoms with E-state index in [9.17, 15) is 9.59 Å². The molecule has 2 aliphatic heterocycles. The average molecular weight is 477 g/mol. The zero-order valence-electron chi connectivity index (χ0n) is 19.1. The van der Waals surface area contributed by atoms with E-state index in [0.717, 1.165) is 11.1 Å². The summed E-state index contributed by atoms with van der Waals surface area (Å²) in [5.74, 6) is 0.550. The van der Waals surface area contributed by atoms with Crippen molar-refractivity contribution in [3.63, 3.8) is 0 Å². The van der Waals surface area contributed by atoms with Crippen LogP contribution in [0, 0.1) is 0 Å². The second-order valence-corrected chi connectivity index (χ2v) is 8.30. The number of amides is 2. The van der Waals surface area contributed by atoms with Crippen LogP contribution in [0.15, 0.2) is 99.5 Å². The van der Waals surface area contributed by atoms with Gasteiger partial charge in [-0.3, -0.25) is 9.59 Å². The van der Waals surface area contributed by atoms with Crippen molar-refractivity contribution >= 4 is 29.3 Å². The number of fused-ring (bicyclic) bond motifs is 2. The van der Waals surface area contributed by atoms with Gasteiger partial charge in [-0.2, -0.15) is 14.8 Å². The van der Waals surface area contributed by atoms with Crippen LogP contribution in [-0.4, -0.2) is 33.3 Å². The number of hydrogen-bond donors (Lipinski definition) is 1. The molecule has 176 valence electrons. The molecule has 9 nitrogen and oxygen atoms in total. The van der Waals surface area contributed by atoms with Gasteiger partial charge in [0.25, 0.3) is 11.9 Å². The molecule has 4 aromatic rings. The Kier molecular flexibility index (Phi) is 4.96. The van der Waals surface area contributed by atoms with Crippen LogP contribution in [0.25, 0.3) is 11.5 Å². The fraction of sp³-hybridized carbons (Fsp3) is 0.0741. The van der Waals surface area contributed by atoms with Gasteiger partial charge in [0.1, 0.15) is 23.0 Å². The lowest BCUT2D eigenvalue weighted by atomic mass is 9.87. The molecule has 0 saturated carbocycles. The maximum Gasteiger partial charge on any atom is 0.281 e. The predicted octanol–water partition coefficient (Wildman–Crippen LogP) is 4.78. The van der Waals surface area contributed by atoms with Crippen molar-refractivity contribution in [1.29, 1.82) is 0 Å². The fourth-order valence-electron chi connectivity index (χ4n) is 4.21. The molecule has 2 aromatic heterocycles. The molecule has 6 rings (SSSR count). The molecule has 2 aromatic carbocycles. The van der Waals surface area contributed by atoms with Gasteiger partial charge in [-0.25, -0.2) is 4.99 Å². The Bertz CT molecular complexity index is 1570. The number of rotatable bonds is 3. The van der Waals surface area contributed by atoms with Crippen molar-refractivity contribution < 1.29 is 18.7 Å². The van der Waals surface area contributed by atoms with E-state index in [2.05, 4.69) is 27.0 Å². The van der Waals surface area contributed by atoms with E-state index >= 15 is 0 Å². The number of anilines is 1. The Morgan fingerprint density at radius 3 is 2.33 bits per heavy atom. The third-order valence-corrected chi connectivity index (χ3v) is 6.03. The Hall–Kier alpha value is -5.05. The number of carbonyl (C=O) groups is 2. The molecular formula is C27H19N5O4. The van der Waals surface area contributed by atoms with Gasteiger partial charge in [-0.1, -0.05) is 43.0 Å². The SMILES string of the molecule is C=C1C(=O)N=C(n2nc(-c3ccco3)cc2NC(=O)C2c3ccccc3Oc3ccccc32)N=C1C. The third kappa shape index (κ3) is 3.54. The fourth-order valence-corrected chi connectivity index (χ4v) is 4.21. The predicted molar refractivity (Wildman–Crippen MR) is 133 cm³/mol. The molecule has 36 heavy (non-hydrogen) atoms. The van der Waals surface area contributed by atoms with Crippen LogP contribution in [0.5, 0.6) is 11.5 Å². The number of ether oxygens (including phenoxy) is 1. The molecule has 0 saturated heterocycles. The van der Waals surface area contributed by atoms with Gasteiger partial charge in [-0.15, -0.1) is 0 Å². The minimum atomic E-state index is -0.637. The summed E-state index contributed by atoms with van der Waals surface area (Å²) in [6, 6.07) is 20.0. The molecule has 0 fully saturated rings. The summed E-state index contributed by atoms with van der Waals surface area (Å²) in [7, 11) is 0. The summed E-state index contributed by atoms with van der Waals surface area (Å²) in [4.78, 5) is 34.6. The number of para-hydroxylation sites is 2. The highest BCUT2D eigenvalue weighted by Crippen LogP contribution is 2.44. The van der Waals surface area contributed by atoms with Gasteiger partial charge in [0.15, 0.2) is 5.76 Å². The first-order chi connectivity index (χ1) is 17.5. The van der Waals surface area contributed by atoms with Crippen LogP contribution in [0.1, 0.15) is 24.0 Å². The summed E-state index contributed by atoms with van der Waals surface area (Å²) in [5.41, 5.74) is 2.54. The summed E-state index contributed by atoms with van der Waals surface area (Å²) in [5, 5.41) is 7.48. The first kappa shape index (κ1) is 21.5. The topological polar surface area (TPSA) is 111 Å². The van der Waals surface area contributed by atoms with Crippen LogP contribution in [-0.2, 0) is 9.59 Å². The number of hydrogen-bond acceptors (Lipinski definition) is 6. The molecule has 0 spiro atoms. The first-order valence-corrected chi connectivity index (χ1v) is 11.2. The molecule has 2 amide bonds. The smallest absolute Gasteiger partial charge is 0.281 e. The number of aliphatic imine (C=N–C) groups is 2. The lowest BCUT2D eigenvalue weighted by Crippen LogP contribution is -2.28. The van der Waals surface area contributed by atoms with Gasteiger partial charge >= 0.3 is 0 Å². The van der Waals surface area contributed by atoms with Crippen molar-refractivity contribution in [2.75, 3.05) is 5.32 Å². The number of aromatic nitrogens is 2. The molecule has 0 bridgehead atoms. The standard InChI is InChI=1S/C27H19N5O4/c1-15-16(2)28-27(30-25(15)33)32-23(14-19(31-32)22-12-7-13-35-22)29-26(34)24-17-8-3-5-10-20(17)36-21-11-6-4-9-18(21)24/h3-14,24H,1H2,2H3,(H,29,34). The molecule has 0 aliphatic carbocycles. The monoisotopic (exact) mass is 477 g/mol. The van der Waals surface area contributed by atoms with Crippen molar-refractivity contribution in [3.05, 3.63) is 96.3 Å². The number of furan rings is 1. The summed E-state index contributed by atoms with van der Waals surface area (Å²) < 4.78 is 12.8. The third-order valence-electron chi connectivity index (χ3n) is 6.03. The second-order valence-electron chi connectivity index (χ2n) is 8.30. The van der Waals surface area contributed by atoms with E-state index in [0.29, 0.717) is 28.7 Å². The van der Waals surface area contributed by atoms with Gasteiger partial charge in [0.05, 0.1) is 23.5 Å². The normalized spacial score (nSPS) is 14.9. The Labute approximate surface area is 205 Å². The molecule has 0 radical (unpaired) electrons. The molecule has 4 heterocycles. The van der Waals surface area contributed by atoms with Crippen molar-refractivity contribution in [3.8, 4) is 23.0 Å². The van der Waals surface area contributed by atoms with Crippen LogP contribution in [0.2, 0.25) is 0 Å². The number of carbonyl (C=O) groups excluding carboxylic acids is 2. The Balaban J connectivity index is 1.44. The molecule has 0 unspecified atom stereocenters. The van der Waals surface area contributed by atoms with Crippen LogP contribution >= 0.6 is 0 Å². The highest BCUT2D eigenvalue weighted by molar-refractivity contribution is 6.28. The molecule has 0 atom stereocenters. The molecule has 2 aliphatic rings. The lowest BCUT2D eigenvalue weighted by Gasteiger charge is -2.27. The van der Waals surface area contributed by atoms with Gasteiger partial charge < -0.3 is 14.5 Å². The van der Waals surface area contributed by atoms with Gasteiger partial charge in [-0.05, 0) is 31.2 Å². The van der Waals surface area contributed by atoms with Crippen LogP contribution < -0.4 is 10.1 Å². The van der Waals surface area contributed by atoms with Gasteiger partial charge in [0, 0.05) is 17.2 Å². The largest absolute Gasteiger partial charge is 0.463 e. The summed E-state index contributed by atoms with van der Waals surface area (Å²) in [6.45, 7) is 5.38. The quantitative estimate of drug-likeness (QED) is 0.427. The second kappa shape index (κ2) is 8.31. The Morgan fingerprint density at radius 2 is 1.69 bits per heavy atom. The minimum Gasteiger partial charge on any atom is -0.463 e. The number of nitrogens with zero attached hydrogens (tertiary/aromatic N) is 4. The van der Waals surface area contributed by atoms with Crippen LogP contribution in [0.3, 0.4) is 0 Å². The Morgan fingerprint density at radius 1 is 1.00 bits per heavy atom. The number of nitrogens with one attached hydrogen (secondary N) is 1. The van der Waals surface area contributed by atoms with E-state index in [-0.39, 0.29) is 23.3 Å². The van der Waals surface area contributed by atoms with E-state index in [1.165, 1.54) is 10.9 Å². The van der Waals surface area contributed by atoms with Gasteiger partial charge in [0.2, 0.25) is 5.91 Å². The summed E-state index contributed by atoms with van der Waals surface area (Å²) >= 11 is 0. The van der Waals surface area contributed by atoms with Crippen LogP contribution in [0.4, 0.5) is 5.82 Å². The van der Waals surface area contributed by atoms with E-state index in [4.69, 9.17) is 9.15 Å². The van der Waals surface area contributed by atoms with E-state index < -0.39 is 11.8 Å². The lowest BCUT2D eigenvalue weighted by molar-refractivity contribution is -0.117. The summed E-state index contributed by atoms with van der Waals surface area (Å²) in [6.07, 6.45) is 1.52. The maximum atomic E-state index is 13.8. The number of benzene rings is 2. The first-order valence-electron chi connectivity index (χ1n) is 11.2. The average Bonchev–Trinajstić information content (AvgIpc) is 3.56. The molecule has 1 N–H and O–H groups in total. The maximum absolute atomic E-state index is 13.8. The zero-order chi connectivity index (χ0) is 24.8. The van der Waals surface area contributed by atoms with Crippen molar-refractivity contribution in [2.45, 2.75) is 12.8 Å². The highest BCUT2D eigenvalue weighted by atomic mass is 16.5. The van der Waals surface area contributed by atoms with E-state index in [1.807, 2.05) is 48.5 Å². The molecule has 9 heteroatoms. The van der Waals surface area contributed by atoms with E-state index in [1.54, 1.807) is 25.1 Å². The van der Waals surface area contributed by atoms with Crippen molar-refractivity contribution in [2.24, 2.45) is 9.98 Å². The van der Waals surface area contributed by atoms with Crippen molar-refractivity contribution in [1.82, 2.24) is 9.78 Å².